The molecule has 16 aromatic carbocycles. The van der Waals surface area contributed by atoms with Crippen molar-refractivity contribution in [2.45, 2.75) is 0 Å². The Morgan fingerprint density at radius 2 is 0.510 bits per heavy atom. The first-order valence-electron chi connectivity index (χ1n) is 34.7. The van der Waals surface area contributed by atoms with Gasteiger partial charge in [-0.2, -0.15) is 0 Å². The van der Waals surface area contributed by atoms with Crippen LogP contribution < -0.4 is 38.5 Å². The van der Waals surface area contributed by atoms with Crippen molar-refractivity contribution in [1.29, 1.82) is 0 Å². The molecule has 10 heteroatoms. The average molecular weight is 1370 g/mol. The molecule has 0 aliphatic carbocycles. The second kappa shape index (κ2) is 25.4. The van der Waals surface area contributed by atoms with E-state index in [4.69, 9.17) is 18.9 Å². The number of hydrogen-bond donors (Lipinski definition) is 0. The summed E-state index contributed by atoms with van der Waals surface area (Å²) in [4.78, 5) is 9.36. The van der Waals surface area contributed by atoms with Crippen molar-refractivity contribution in [3.8, 4) is 68.2 Å². The molecule has 20 rings (SSSR count). The maximum atomic E-state index is 6.81. The van der Waals surface area contributed by atoms with Gasteiger partial charge in [0.2, 0.25) is 0 Å². The molecule has 18 aromatic rings. The van der Waals surface area contributed by atoms with E-state index in [2.05, 4.69) is 341 Å². The minimum atomic E-state index is 0.642. The normalized spacial score (nSPS) is 12.0. The van der Waals surface area contributed by atoms with Crippen molar-refractivity contribution in [2.75, 3.05) is 19.6 Å². The highest BCUT2D eigenvalue weighted by molar-refractivity contribution is 7.26. The molecule has 0 atom stereocenters. The van der Waals surface area contributed by atoms with Crippen LogP contribution in [0.5, 0.6) is 46.0 Å². The van der Waals surface area contributed by atoms with E-state index >= 15 is 0 Å². The molecule has 8 nitrogen and oxygen atoms in total. The lowest BCUT2D eigenvalue weighted by atomic mass is 10.00. The Morgan fingerprint density at radius 1 is 0.183 bits per heavy atom. The quantitative estimate of drug-likeness (QED) is 0.107. The number of thiophene rings is 2. The zero-order chi connectivity index (χ0) is 68.6. The van der Waals surface area contributed by atoms with E-state index in [1.54, 1.807) is 0 Å². The molecule has 0 radical (unpaired) electrons. The number of fused-ring (bicyclic) bond motifs is 11. The first kappa shape index (κ1) is 60.6. The molecule has 2 aliphatic rings. The van der Waals surface area contributed by atoms with Crippen LogP contribution in [0.2, 0.25) is 0 Å². The lowest BCUT2D eigenvalue weighted by Gasteiger charge is -2.28. The van der Waals surface area contributed by atoms with E-state index < -0.39 is 0 Å². The molecule has 0 spiro atoms. The molecule has 0 fully saturated rings. The Balaban J connectivity index is 0.587. The van der Waals surface area contributed by atoms with Gasteiger partial charge in [0, 0.05) is 88.6 Å². The van der Waals surface area contributed by atoms with Crippen LogP contribution in [-0.4, -0.2) is 0 Å². The molecular weight excluding hydrogens is 1310 g/mol. The van der Waals surface area contributed by atoms with Crippen LogP contribution >= 0.6 is 22.7 Å². The summed E-state index contributed by atoms with van der Waals surface area (Å²) in [7, 11) is 0. The van der Waals surface area contributed by atoms with Crippen molar-refractivity contribution in [3.05, 3.63) is 364 Å². The number of ether oxygens (including phenoxy) is 4. The van der Waals surface area contributed by atoms with Crippen LogP contribution in [0.1, 0.15) is 0 Å². The van der Waals surface area contributed by atoms with Gasteiger partial charge in [0.25, 0.3) is 0 Å². The summed E-state index contributed by atoms with van der Waals surface area (Å²) < 4.78 is 31.1. The Kier molecular flexibility index (Phi) is 14.8. The van der Waals surface area contributed by atoms with Crippen LogP contribution in [0.25, 0.3) is 73.4 Å². The van der Waals surface area contributed by atoms with Crippen molar-refractivity contribution in [3.63, 3.8) is 0 Å². The zero-order valence-corrected chi connectivity index (χ0v) is 57.5. The molecule has 2 aliphatic heterocycles. The Hall–Kier alpha value is -13.4. The van der Waals surface area contributed by atoms with E-state index in [0.717, 1.165) is 90.1 Å². The summed E-state index contributed by atoms with van der Waals surface area (Å²) in [6.45, 7) is 0. The summed E-state index contributed by atoms with van der Waals surface area (Å²) in [5, 5.41) is 7.01. The Bertz CT molecular complexity index is 6330. The van der Waals surface area contributed by atoms with Crippen LogP contribution in [-0.2, 0) is 0 Å². The maximum absolute atomic E-state index is 6.81. The lowest BCUT2D eigenvalue weighted by molar-refractivity contribution is 0.360. The van der Waals surface area contributed by atoms with Gasteiger partial charge in [0.05, 0.1) is 32.1 Å². The van der Waals surface area contributed by atoms with Crippen LogP contribution in [0.4, 0.5) is 68.2 Å². The van der Waals surface area contributed by atoms with Gasteiger partial charge in [-0.1, -0.05) is 176 Å². The van der Waals surface area contributed by atoms with E-state index in [-0.39, 0.29) is 0 Å². The Morgan fingerprint density at radius 3 is 1.03 bits per heavy atom. The standard InChI is InChI=1S/C94H60N4O4S2/c1-6-20-61(21-7-1)62-38-42-71(43-39-62)97(69-26-12-4-13-27-69)81-32-18-30-77-79-57-73(47-52-91(79)103-93(77)81)96(68-24-10-3-11-25-68)76-46-51-87-90(60-76)102-85-49-41-66(56-88(85)101-87)63-36-37-65-55-72(44-40-64(65)54-63)98(70-28-14-5-15-29-70)82-33-19-31-78-80-58-74(48-53-92(80)104-94(78)82)95(67-22-8-2-9-23-67)75-45-50-86-89(59-75)100-84-35-17-16-34-83(84)99-86/h1-60H. The van der Waals surface area contributed by atoms with Crippen LogP contribution in [0.15, 0.2) is 364 Å². The summed E-state index contributed by atoms with van der Waals surface area (Å²) in [5.41, 5.74) is 17.1. The van der Waals surface area contributed by atoms with Crippen molar-refractivity contribution in [2.24, 2.45) is 0 Å². The highest BCUT2D eigenvalue weighted by Gasteiger charge is 2.27. The van der Waals surface area contributed by atoms with Gasteiger partial charge >= 0.3 is 0 Å². The number of benzene rings is 16. The number of hydrogen-bond acceptors (Lipinski definition) is 10. The first-order chi connectivity index (χ1) is 51.5. The predicted octanol–water partition coefficient (Wildman–Crippen LogP) is 28.6. The Labute approximate surface area is 608 Å². The summed E-state index contributed by atoms with van der Waals surface area (Å²) in [6.07, 6.45) is 0. The molecule has 0 unspecified atom stereocenters. The van der Waals surface area contributed by atoms with Gasteiger partial charge in [-0.15, -0.1) is 22.7 Å². The lowest BCUT2D eigenvalue weighted by Crippen LogP contribution is -2.10. The number of rotatable bonds is 14. The SMILES string of the molecule is c1ccc(-c2ccc(N(c3ccccc3)c3cccc4c3sc3ccc(N(c5ccccc5)c5ccc6c(c5)Oc5ccc(-c7ccc8cc(N(c9ccccc9)c9cccc%10c9sc9ccc(N(c%11ccccc%11)c%11ccc%12c(c%11)Oc%11ccccc%11O%12)cc9%10)ccc8c7)cc5O6)cc34)cc2)cc1. The van der Waals surface area contributed by atoms with Crippen molar-refractivity contribution in [1.82, 2.24) is 0 Å². The monoisotopic (exact) mass is 1370 g/mol. The third kappa shape index (κ3) is 10.8. The molecule has 4 heterocycles. The third-order valence-corrected chi connectivity index (χ3v) is 22.1. The molecule has 2 aromatic heterocycles. The fraction of sp³-hybridized carbons (Fsp3) is 0. The molecule has 104 heavy (non-hydrogen) atoms. The minimum Gasteiger partial charge on any atom is -0.450 e. The van der Waals surface area contributed by atoms with Gasteiger partial charge in [-0.05, 0) is 209 Å². The largest absolute Gasteiger partial charge is 0.450 e. The molecule has 0 N–H and O–H groups in total. The number of anilines is 12. The second-order valence-corrected chi connectivity index (χ2v) is 28.1. The summed E-state index contributed by atoms with van der Waals surface area (Å²) in [5.74, 6) is 5.36. The van der Waals surface area contributed by atoms with Crippen LogP contribution in [0.3, 0.4) is 0 Å². The highest BCUT2D eigenvalue weighted by Crippen LogP contribution is 2.54. The number of para-hydroxylation sites is 6. The van der Waals surface area contributed by atoms with E-state index in [1.807, 2.05) is 65.1 Å². The summed E-state index contributed by atoms with van der Waals surface area (Å²) in [6, 6.07) is 129. The van der Waals surface area contributed by atoms with Crippen molar-refractivity contribution >= 4 is 142 Å². The van der Waals surface area contributed by atoms with Gasteiger partial charge in [-0.25, -0.2) is 0 Å². The minimum absolute atomic E-state index is 0.642. The topological polar surface area (TPSA) is 49.9 Å². The van der Waals surface area contributed by atoms with Crippen LogP contribution in [0, 0.1) is 0 Å². The maximum Gasteiger partial charge on any atom is 0.172 e. The van der Waals surface area contributed by atoms with Gasteiger partial charge in [0.1, 0.15) is 0 Å². The molecule has 0 saturated heterocycles. The van der Waals surface area contributed by atoms with Gasteiger partial charge < -0.3 is 38.5 Å². The van der Waals surface area contributed by atoms with Gasteiger partial charge in [0.15, 0.2) is 46.0 Å². The average Bonchev–Trinajstić information content (AvgIpc) is 1.58. The molecular formula is C94H60N4O4S2. The fourth-order valence-electron chi connectivity index (χ4n) is 14.8. The smallest absolute Gasteiger partial charge is 0.172 e. The van der Waals surface area contributed by atoms with Gasteiger partial charge in [-0.3, -0.25) is 0 Å². The highest BCUT2D eigenvalue weighted by atomic mass is 32.1. The molecule has 0 bridgehead atoms. The molecule has 492 valence electrons. The van der Waals surface area contributed by atoms with Crippen molar-refractivity contribution < 1.29 is 18.9 Å². The second-order valence-electron chi connectivity index (χ2n) is 26.0. The third-order valence-electron chi connectivity index (χ3n) is 19.7. The predicted molar refractivity (Wildman–Crippen MR) is 433 cm³/mol. The number of nitrogens with zero attached hydrogens (tertiary/aromatic N) is 4. The van der Waals surface area contributed by atoms with E-state index in [1.165, 1.54) is 51.5 Å². The van der Waals surface area contributed by atoms with E-state index in [0.29, 0.717) is 46.0 Å². The summed E-state index contributed by atoms with van der Waals surface area (Å²) >= 11 is 3.65. The fourth-order valence-corrected chi connectivity index (χ4v) is 17.1. The zero-order valence-electron chi connectivity index (χ0n) is 55.9. The first-order valence-corrected chi connectivity index (χ1v) is 36.4. The molecule has 0 amide bonds. The molecule has 0 saturated carbocycles. The van der Waals surface area contributed by atoms with E-state index in [9.17, 15) is 0 Å².